The number of benzene rings is 10. The van der Waals surface area contributed by atoms with Gasteiger partial charge in [0.2, 0.25) is 0 Å². The minimum atomic E-state index is -2.98. The summed E-state index contributed by atoms with van der Waals surface area (Å²) >= 11 is 0. The van der Waals surface area contributed by atoms with Gasteiger partial charge in [0.1, 0.15) is 0 Å². The van der Waals surface area contributed by atoms with Crippen LogP contribution in [0.5, 0.6) is 0 Å². The molecule has 10 aromatic rings. The molecule has 0 fully saturated rings. The van der Waals surface area contributed by atoms with Gasteiger partial charge >= 0.3 is 0 Å². The lowest BCUT2D eigenvalue weighted by molar-refractivity contribution is 0.661. The first kappa shape index (κ1) is 39.1. The fourth-order valence-electron chi connectivity index (χ4n) is 10.5. The standard InChI is InChI=1S/C61H48N2Si/c1-61(2)57-37-18-17-35-55(57)56-36-21-39-59(60(56)61)62(46-24-7-3-8-25-46)48-40-42-52(43-41-48)64(50-29-11-5-12-30-50,51-31-13-6-14-32-51)53-33-20-28-49(44-53)63(47-26-9-4-10-27-47)58-38-19-23-45-22-15-16-34-54(45)58/h3-44H,1-2H3. The summed E-state index contributed by atoms with van der Waals surface area (Å²) in [5.74, 6) is 0. The van der Waals surface area contributed by atoms with E-state index >= 15 is 0 Å². The van der Waals surface area contributed by atoms with Gasteiger partial charge in [-0.1, -0.05) is 208 Å². The third kappa shape index (κ3) is 6.47. The molecule has 0 unspecified atom stereocenters. The third-order valence-corrected chi connectivity index (χ3v) is 18.1. The van der Waals surface area contributed by atoms with Crippen LogP contribution in [0.25, 0.3) is 21.9 Å². The molecule has 0 N–H and O–H groups in total. The van der Waals surface area contributed by atoms with Crippen LogP contribution >= 0.6 is 0 Å². The fraction of sp³-hybridized carbons (Fsp3) is 0.0492. The molecule has 0 aliphatic heterocycles. The number of anilines is 6. The van der Waals surface area contributed by atoms with Crippen molar-refractivity contribution in [2.24, 2.45) is 0 Å². The maximum atomic E-state index is 2.47. The van der Waals surface area contributed by atoms with Crippen molar-refractivity contribution in [1.29, 1.82) is 0 Å². The van der Waals surface area contributed by atoms with Gasteiger partial charge in [-0.05, 0) is 109 Å². The summed E-state index contributed by atoms with van der Waals surface area (Å²) in [6.45, 7) is 4.75. The second kappa shape index (κ2) is 16.2. The molecule has 2 nitrogen and oxygen atoms in total. The van der Waals surface area contributed by atoms with E-state index in [1.807, 2.05) is 0 Å². The zero-order valence-electron chi connectivity index (χ0n) is 36.1. The maximum absolute atomic E-state index is 2.98. The van der Waals surface area contributed by atoms with Crippen molar-refractivity contribution in [3.05, 3.63) is 266 Å². The number of hydrogen-bond acceptors (Lipinski definition) is 2. The highest BCUT2D eigenvalue weighted by Gasteiger charge is 2.43. The molecule has 0 amide bonds. The smallest absolute Gasteiger partial charge is 0.179 e. The third-order valence-electron chi connectivity index (χ3n) is 13.3. The molecule has 0 saturated heterocycles. The van der Waals surface area contributed by atoms with Crippen LogP contribution in [0.1, 0.15) is 25.0 Å². The summed E-state index contributed by atoms with van der Waals surface area (Å²) in [6.07, 6.45) is 0. The van der Waals surface area contributed by atoms with E-state index in [1.165, 1.54) is 59.5 Å². The normalized spacial score (nSPS) is 12.7. The van der Waals surface area contributed by atoms with Crippen molar-refractivity contribution in [1.82, 2.24) is 0 Å². The quantitative estimate of drug-likeness (QED) is 0.100. The van der Waals surface area contributed by atoms with Crippen molar-refractivity contribution in [3.63, 3.8) is 0 Å². The molecule has 64 heavy (non-hydrogen) atoms. The van der Waals surface area contributed by atoms with Crippen molar-refractivity contribution in [2.75, 3.05) is 9.80 Å². The Balaban J connectivity index is 1.12. The Bertz CT molecular complexity index is 3190. The SMILES string of the molecule is CC1(C)c2ccccc2-c2cccc(N(c3ccccc3)c3ccc([Si](c4ccccc4)(c4ccccc4)c4cccc(N(c5ccccc5)c5cccc6ccccc56)c4)cc3)c21. The first-order chi connectivity index (χ1) is 31.5. The van der Waals surface area contributed by atoms with Gasteiger partial charge in [0.05, 0.1) is 11.4 Å². The predicted molar refractivity (Wildman–Crippen MR) is 274 cm³/mol. The minimum absolute atomic E-state index is 0.178. The zero-order chi connectivity index (χ0) is 43.1. The van der Waals surface area contributed by atoms with Crippen LogP contribution in [0, 0.1) is 0 Å². The number of rotatable bonds is 10. The highest BCUT2D eigenvalue weighted by Crippen LogP contribution is 2.54. The second-order valence-corrected chi connectivity index (χ2v) is 21.1. The number of nitrogens with zero attached hydrogens (tertiary/aromatic N) is 2. The van der Waals surface area contributed by atoms with E-state index in [0.29, 0.717) is 0 Å². The highest BCUT2D eigenvalue weighted by atomic mass is 28.3. The summed E-state index contributed by atoms with van der Waals surface area (Å²) in [5, 5.41) is 7.74. The Hall–Kier alpha value is -7.72. The molecule has 0 heterocycles. The minimum Gasteiger partial charge on any atom is -0.310 e. The molecule has 1 aliphatic carbocycles. The highest BCUT2D eigenvalue weighted by molar-refractivity contribution is 7.20. The lowest BCUT2D eigenvalue weighted by atomic mass is 9.81. The van der Waals surface area contributed by atoms with Gasteiger partial charge < -0.3 is 9.80 Å². The topological polar surface area (TPSA) is 6.48 Å². The predicted octanol–water partition coefficient (Wildman–Crippen LogP) is 13.5. The summed E-state index contributed by atoms with van der Waals surface area (Å²) in [6, 6.07) is 94.2. The fourth-order valence-corrected chi connectivity index (χ4v) is 15.3. The van der Waals surface area contributed by atoms with Crippen LogP contribution in [-0.2, 0) is 5.41 Å². The lowest BCUT2D eigenvalue weighted by Crippen LogP contribution is -2.74. The summed E-state index contributed by atoms with van der Waals surface area (Å²) in [7, 11) is -2.98. The molecule has 306 valence electrons. The van der Waals surface area contributed by atoms with Crippen molar-refractivity contribution in [2.45, 2.75) is 19.3 Å². The molecular weight excluding hydrogens is 789 g/mol. The Morgan fingerprint density at radius 3 is 1.44 bits per heavy atom. The van der Waals surface area contributed by atoms with Gasteiger partial charge in [-0.3, -0.25) is 0 Å². The molecule has 10 aromatic carbocycles. The summed E-state index contributed by atoms with van der Waals surface area (Å²) in [4.78, 5) is 4.90. The summed E-state index contributed by atoms with van der Waals surface area (Å²) < 4.78 is 0. The average molecular weight is 837 g/mol. The maximum Gasteiger partial charge on any atom is 0.179 e. The molecule has 3 heteroatoms. The molecule has 0 atom stereocenters. The van der Waals surface area contributed by atoms with Crippen molar-refractivity contribution in [3.8, 4) is 11.1 Å². The van der Waals surface area contributed by atoms with Gasteiger partial charge in [0.15, 0.2) is 8.07 Å². The van der Waals surface area contributed by atoms with Gasteiger partial charge in [-0.2, -0.15) is 0 Å². The van der Waals surface area contributed by atoms with Gasteiger partial charge in [0, 0.05) is 33.6 Å². The molecule has 0 radical (unpaired) electrons. The van der Waals surface area contributed by atoms with Gasteiger partial charge in [0.25, 0.3) is 0 Å². The van der Waals surface area contributed by atoms with Crippen molar-refractivity contribution < 1.29 is 0 Å². The Labute approximate surface area is 378 Å². The number of hydrogen-bond donors (Lipinski definition) is 0. The number of fused-ring (bicyclic) bond motifs is 4. The van der Waals surface area contributed by atoms with Gasteiger partial charge in [-0.25, -0.2) is 0 Å². The first-order valence-corrected chi connectivity index (χ1v) is 24.3. The zero-order valence-corrected chi connectivity index (χ0v) is 37.1. The van der Waals surface area contributed by atoms with E-state index in [2.05, 4.69) is 278 Å². The Morgan fingerprint density at radius 2 is 0.766 bits per heavy atom. The van der Waals surface area contributed by atoms with Crippen molar-refractivity contribution >= 4 is 73.7 Å². The first-order valence-electron chi connectivity index (χ1n) is 22.3. The Kier molecular flexibility index (Phi) is 9.91. The van der Waals surface area contributed by atoms with E-state index < -0.39 is 8.07 Å². The monoisotopic (exact) mass is 836 g/mol. The van der Waals surface area contributed by atoms with Crippen LogP contribution in [0.2, 0.25) is 0 Å². The number of para-hydroxylation sites is 2. The lowest BCUT2D eigenvalue weighted by Gasteiger charge is -2.36. The molecule has 11 rings (SSSR count). The van der Waals surface area contributed by atoms with E-state index in [1.54, 1.807) is 0 Å². The van der Waals surface area contributed by atoms with Crippen LogP contribution in [-0.4, -0.2) is 8.07 Å². The molecule has 0 spiro atoms. The van der Waals surface area contributed by atoms with E-state index in [-0.39, 0.29) is 5.41 Å². The van der Waals surface area contributed by atoms with E-state index in [4.69, 9.17) is 0 Å². The molecule has 1 aliphatic rings. The summed E-state index contributed by atoms with van der Waals surface area (Å²) in [5.41, 5.74) is 12.0. The largest absolute Gasteiger partial charge is 0.310 e. The molecule has 0 saturated carbocycles. The molecule has 0 aromatic heterocycles. The Morgan fingerprint density at radius 1 is 0.328 bits per heavy atom. The van der Waals surface area contributed by atoms with E-state index in [9.17, 15) is 0 Å². The van der Waals surface area contributed by atoms with E-state index in [0.717, 1.165) is 28.4 Å². The second-order valence-electron chi connectivity index (χ2n) is 17.3. The molecular formula is C61H48N2Si. The van der Waals surface area contributed by atoms with Crippen LogP contribution in [0.3, 0.4) is 0 Å². The van der Waals surface area contributed by atoms with Crippen LogP contribution < -0.4 is 30.5 Å². The average Bonchev–Trinajstić information content (AvgIpc) is 3.60. The van der Waals surface area contributed by atoms with Crippen LogP contribution in [0.15, 0.2) is 255 Å². The van der Waals surface area contributed by atoms with Crippen LogP contribution in [0.4, 0.5) is 34.1 Å². The molecule has 0 bridgehead atoms. The van der Waals surface area contributed by atoms with Gasteiger partial charge in [-0.15, -0.1) is 0 Å².